The molecule has 1 aromatic heterocycles. The van der Waals surface area contributed by atoms with E-state index in [-0.39, 0.29) is 5.75 Å². The topological polar surface area (TPSA) is 55.1 Å². The molecule has 0 amide bonds. The van der Waals surface area contributed by atoms with Crippen molar-refractivity contribution in [2.75, 3.05) is 5.75 Å². The molecule has 4 nitrogen and oxygen atoms in total. The zero-order valence-electron chi connectivity index (χ0n) is 9.01. The molecule has 0 saturated heterocycles. The number of hydrogen-bond donors (Lipinski definition) is 1. The van der Waals surface area contributed by atoms with Gasteiger partial charge in [0.25, 0.3) is 0 Å². The molecule has 1 atom stereocenters. The normalized spacial score (nSPS) is 12.7. The van der Waals surface area contributed by atoms with Crippen molar-refractivity contribution in [3.8, 4) is 0 Å². The molecule has 1 aromatic rings. The minimum atomic E-state index is -0.808. The quantitative estimate of drug-likeness (QED) is 0.760. The number of imidazole rings is 1. The lowest BCUT2D eigenvalue weighted by molar-refractivity contribution is -0.133. The number of thioether (sulfide) groups is 1. The first-order valence-electron chi connectivity index (χ1n) is 5.02. The van der Waals surface area contributed by atoms with Crippen LogP contribution in [0.15, 0.2) is 17.6 Å². The van der Waals surface area contributed by atoms with Gasteiger partial charge < -0.3 is 9.67 Å². The van der Waals surface area contributed by atoms with Crippen LogP contribution in [0.3, 0.4) is 0 Å². The summed E-state index contributed by atoms with van der Waals surface area (Å²) in [6, 6.07) is 0.383. The molecule has 0 aliphatic carbocycles. The Morgan fingerprint density at radius 2 is 2.47 bits per heavy atom. The number of nitrogens with zero attached hydrogens (tertiary/aromatic N) is 2. The molecular weight excluding hydrogens is 212 g/mol. The number of aromatic nitrogens is 2. The van der Waals surface area contributed by atoms with Crippen molar-refractivity contribution in [1.82, 2.24) is 9.55 Å². The predicted molar refractivity (Wildman–Crippen MR) is 60.2 cm³/mol. The van der Waals surface area contributed by atoms with Crippen LogP contribution in [-0.2, 0) is 4.79 Å². The van der Waals surface area contributed by atoms with Gasteiger partial charge in [0.05, 0.1) is 5.75 Å². The molecule has 0 aliphatic rings. The van der Waals surface area contributed by atoms with Gasteiger partial charge in [0, 0.05) is 18.4 Å². The molecule has 1 heterocycles. The van der Waals surface area contributed by atoms with E-state index in [0.717, 1.165) is 18.0 Å². The second-order valence-corrected chi connectivity index (χ2v) is 4.38. The second kappa shape index (κ2) is 5.80. The maximum Gasteiger partial charge on any atom is 0.313 e. The molecule has 1 N–H and O–H groups in total. The third kappa shape index (κ3) is 3.58. The standard InChI is InChI=1S/C10H16N2O2S/c1-3-4-8(2)12-6-5-11-10(12)15-7-9(13)14/h5-6,8H,3-4,7H2,1-2H3,(H,13,14). The van der Waals surface area contributed by atoms with E-state index in [9.17, 15) is 4.79 Å². The number of carboxylic acids is 1. The molecule has 84 valence electrons. The number of rotatable bonds is 6. The highest BCUT2D eigenvalue weighted by Crippen LogP contribution is 2.22. The molecule has 1 unspecified atom stereocenters. The summed E-state index contributed by atoms with van der Waals surface area (Å²) in [5, 5.41) is 9.38. The number of aliphatic carboxylic acids is 1. The lowest BCUT2D eigenvalue weighted by Gasteiger charge is -2.14. The van der Waals surface area contributed by atoms with Crippen LogP contribution in [0.4, 0.5) is 0 Å². The summed E-state index contributed by atoms with van der Waals surface area (Å²) >= 11 is 1.27. The van der Waals surface area contributed by atoms with Gasteiger partial charge in [0.15, 0.2) is 5.16 Å². The Bertz CT molecular complexity index is 325. The maximum absolute atomic E-state index is 10.4. The van der Waals surface area contributed by atoms with Gasteiger partial charge >= 0.3 is 5.97 Å². The highest BCUT2D eigenvalue weighted by molar-refractivity contribution is 7.99. The summed E-state index contributed by atoms with van der Waals surface area (Å²) in [5.74, 6) is -0.742. The van der Waals surface area contributed by atoms with E-state index >= 15 is 0 Å². The Kier molecular flexibility index (Phi) is 4.68. The summed E-state index contributed by atoms with van der Waals surface area (Å²) in [6.07, 6.45) is 5.82. The van der Waals surface area contributed by atoms with Crippen molar-refractivity contribution in [3.05, 3.63) is 12.4 Å². The molecule has 0 fully saturated rings. The van der Waals surface area contributed by atoms with Gasteiger partial charge in [0.2, 0.25) is 0 Å². The highest BCUT2D eigenvalue weighted by Gasteiger charge is 2.10. The molecule has 15 heavy (non-hydrogen) atoms. The van der Waals surface area contributed by atoms with Crippen LogP contribution in [0.25, 0.3) is 0 Å². The van der Waals surface area contributed by atoms with Crippen molar-refractivity contribution < 1.29 is 9.90 Å². The fraction of sp³-hybridized carbons (Fsp3) is 0.600. The molecule has 5 heteroatoms. The van der Waals surface area contributed by atoms with Crippen LogP contribution >= 0.6 is 11.8 Å². The summed E-state index contributed by atoms with van der Waals surface area (Å²) < 4.78 is 2.04. The average molecular weight is 228 g/mol. The van der Waals surface area contributed by atoms with E-state index in [0.29, 0.717) is 6.04 Å². The monoisotopic (exact) mass is 228 g/mol. The lowest BCUT2D eigenvalue weighted by Crippen LogP contribution is -2.07. The highest BCUT2D eigenvalue weighted by atomic mass is 32.2. The van der Waals surface area contributed by atoms with Gasteiger partial charge in [0.1, 0.15) is 0 Å². The van der Waals surface area contributed by atoms with E-state index in [1.54, 1.807) is 6.20 Å². The van der Waals surface area contributed by atoms with Crippen LogP contribution < -0.4 is 0 Å². The number of hydrogen-bond acceptors (Lipinski definition) is 3. The molecule has 0 aliphatic heterocycles. The molecular formula is C10H16N2O2S. The Hall–Kier alpha value is -0.970. The Morgan fingerprint density at radius 3 is 3.07 bits per heavy atom. The Morgan fingerprint density at radius 1 is 1.73 bits per heavy atom. The van der Waals surface area contributed by atoms with E-state index in [2.05, 4.69) is 18.8 Å². The minimum Gasteiger partial charge on any atom is -0.481 e. The van der Waals surface area contributed by atoms with E-state index in [4.69, 9.17) is 5.11 Å². The number of carbonyl (C=O) groups is 1. The fourth-order valence-corrected chi connectivity index (χ4v) is 2.21. The SMILES string of the molecule is CCCC(C)n1ccnc1SCC(=O)O. The predicted octanol–water partition coefficient (Wildman–Crippen LogP) is 2.42. The third-order valence-corrected chi connectivity index (χ3v) is 3.10. The van der Waals surface area contributed by atoms with Gasteiger partial charge in [-0.3, -0.25) is 4.79 Å². The molecule has 0 bridgehead atoms. The van der Waals surface area contributed by atoms with Crippen molar-refractivity contribution in [2.45, 2.75) is 37.9 Å². The smallest absolute Gasteiger partial charge is 0.313 e. The largest absolute Gasteiger partial charge is 0.481 e. The molecule has 0 radical (unpaired) electrons. The van der Waals surface area contributed by atoms with Crippen LogP contribution in [0.1, 0.15) is 32.7 Å². The van der Waals surface area contributed by atoms with Crippen LogP contribution in [0.2, 0.25) is 0 Å². The van der Waals surface area contributed by atoms with Crippen LogP contribution in [-0.4, -0.2) is 26.4 Å². The summed E-state index contributed by atoms with van der Waals surface area (Å²) in [6.45, 7) is 4.26. The maximum atomic E-state index is 10.4. The van der Waals surface area contributed by atoms with Crippen molar-refractivity contribution in [2.24, 2.45) is 0 Å². The van der Waals surface area contributed by atoms with Gasteiger partial charge in [-0.05, 0) is 13.3 Å². The Balaban J connectivity index is 2.64. The Labute approximate surface area is 93.7 Å². The van der Waals surface area contributed by atoms with E-state index < -0.39 is 5.97 Å². The molecule has 0 spiro atoms. The molecule has 0 aromatic carbocycles. The molecule has 0 saturated carbocycles. The van der Waals surface area contributed by atoms with Crippen LogP contribution in [0.5, 0.6) is 0 Å². The van der Waals surface area contributed by atoms with Crippen molar-refractivity contribution in [1.29, 1.82) is 0 Å². The average Bonchev–Trinajstić information content (AvgIpc) is 2.62. The summed E-state index contributed by atoms with van der Waals surface area (Å²) in [4.78, 5) is 14.6. The second-order valence-electron chi connectivity index (χ2n) is 3.44. The first-order valence-corrected chi connectivity index (χ1v) is 6.01. The van der Waals surface area contributed by atoms with Crippen molar-refractivity contribution in [3.63, 3.8) is 0 Å². The van der Waals surface area contributed by atoms with Gasteiger partial charge in [-0.2, -0.15) is 0 Å². The van der Waals surface area contributed by atoms with Gasteiger partial charge in [-0.1, -0.05) is 25.1 Å². The fourth-order valence-electron chi connectivity index (χ4n) is 1.43. The molecule has 1 rings (SSSR count). The van der Waals surface area contributed by atoms with E-state index in [1.807, 2.05) is 10.8 Å². The van der Waals surface area contributed by atoms with Gasteiger partial charge in [-0.15, -0.1) is 0 Å². The lowest BCUT2D eigenvalue weighted by atomic mass is 10.2. The first kappa shape index (κ1) is 12.1. The summed E-state index contributed by atoms with van der Waals surface area (Å²) in [5.41, 5.74) is 0. The zero-order chi connectivity index (χ0) is 11.3. The zero-order valence-corrected chi connectivity index (χ0v) is 9.83. The third-order valence-electron chi connectivity index (χ3n) is 2.14. The first-order chi connectivity index (χ1) is 7.15. The van der Waals surface area contributed by atoms with Crippen LogP contribution in [0, 0.1) is 0 Å². The van der Waals surface area contributed by atoms with Gasteiger partial charge in [-0.25, -0.2) is 4.98 Å². The minimum absolute atomic E-state index is 0.0653. The van der Waals surface area contributed by atoms with E-state index in [1.165, 1.54) is 11.8 Å². The summed E-state index contributed by atoms with van der Waals surface area (Å²) in [7, 11) is 0. The number of carboxylic acid groups (broad SMARTS) is 1. The van der Waals surface area contributed by atoms with Crippen molar-refractivity contribution >= 4 is 17.7 Å².